The summed E-state index contributed by atoms with van der Waals surface area (Å²) in [6.45, 7) is 4.56. The minimum Gasteiger partial charge on any atom is -0.326 e. The van der Waals surface area contributed by atoms with Gasteiger partial charge in [-0.05, 0) is 24.0 Å². The summed E-state index contributed by atoms with van der Waals surface area (Å²) >= 11 is 0. The lowest BCUT2D eigenvalue weighted by molar-refractivity contribution is 0.609. The van der Waals surface area contributed by atoms with Crippen molar-refractivity contribution in [1.29, 1.82) is 0 Å². The van der Waals surface area contributed by atoms with Crippen molar-refractivity contribution in [2.45, 2.75) is 32.6 Å². The summed E-state index contributed by atoms with van der Waals surface area (Å²) in [6, 6.07) is 4.77. The van der Waals surface area contributed by atoms with E-state index in [0.29, 0.717) is 23.8 Å². The van der Waals surface area contributed by atoms with Crippen LogP contribution in [0.25, 0.3) is 0 Å². The Kier molecular flexibility index (Phi) is 5.78. The van der Waals surface area contributed by atoms with Crippen LogP contribution < -0.4 is 5.73 Å². The average Bonchev–Trinajstić information content (AvgIpc) is 2.29. The summed E-state index contributed by atoms with van der Waals surface area (Å²) in [7, 11) is -0.993. The first-order chi connectivity index (χ1) is 8.02. The molecule has 0 aliphatic rings. The molecular formula is C13H20FNOS. The van der Waals surface area contributed by atoms with E-state index in [4.69, 9.17) is 5.73 Å². The summed E-state index contributed by atoms with van der Waals surface area (Å²) in [5.41, 5.74) is 6.89. The zero-order chi connectivity index (χ0) is 12.8. The predicted molar refractivity (Wildman–Crippen MR) is 70.5 cm³/mol. The Morgan fingerprint density at radius 1 is 1.41 bits per heavy atom. The van der Waals surface area contributed by atoms with Gasteiger partial charge in [0.1, 0.15) is 5.82 Å². The van der Waals surface area contributed by atoms with Crippen LogP contribution in [-0.2, 0) is 23.1 Å². The molecule has 1 rings (SSSR count). The number of halogens is 1. The third kappa shape index (κ3) is 4.96. The van der Waals surface area contributed by atoms with E-state index >= 15 is 0 Å². The maximum atomic E-state index is 13.5. The van der Waals surface area contributed by atoms with E-state index in [1.165, 1.54) is 6.07 Å². The first-order valence-corrected chi connectivity index (χ1v) is 7.34. The molecule has 0 radical (unpaired) electrons. The van der Waals surface area contributed by atoms with Crippen LogP contribution in [0.1, 0.15) is 31.4 Å². The third-order valence-electron chi connectivity index (χ3n) is 2.59. The molecule has 96 valence electrons. The molecule has 1 atom stereocenters. The fourth-order valence-electron chi connectivity index (χ4n) is 1.48. The lowest BCUT2D eigenvalue weighted by Crippen LogP contribution is -2.06. The zero-order valence-electron chi connectivity index (χ0n) is 10.4. The molecule has 0 aliphatic heterocycles. The van der Waals surface area contributed by atoms with E-state index in [0.717, 1.165) is 12.0 Å². The van der Waals surface area contributed by atoms with Crippen molar-refractivity contribution >= 4 is 10.8 Å². The van der Waals surface area contributed by atoms with E-state index in [9.17, 15) is 8.60 Å². The molecule has 0 heterocycles. The molecule has 0 saturated carbocycles. The highest BCUT2D eigenvalue weighted by atomic mass is 32.2. The molecule has 0 saturated heterocycles. The third-order valence-corrected chi connectivity index (χ3v) is 3.91. The Morgan fingerprint density at radius 3 is 2.71 bits per heavy atom. The standard InChI is InChI=1S/C13H20FNOS/c1-10(2)5-6-17(16)9-12-7-11(8-15)3-4-13(12)14/h3-4,7,10H,5-6,8-9,15H2,1-2H3. The van der Waals surface area contributed by atoms with Crippen molar-refractivity contribution in [1.82, 2.24) is 0 Å². The van der Waals surface area contributed by atoms with Crippen LogP contribution >= 0.6 is 0 Å². The summed E-state index contributed by atoms with van der Waals surface area (Å²) in [5.74, 6) is 1.15. The van der Waals surface area contributed by atoms with Crippen LogP contribution in [0.5, 0.6) is 0 Å². The largest absolute Gasteiger partial charge is 0.326 e. The van der Waals surface area contributed by atoms with Crippen molar-refractivity contribution in [3.05, 3.63) is 35.1 Å². The summed E-state index contributed by atoms with van der Waals surface area (Å²) in [6.07, 6.45) is 0.908. The second-order valence-corrected chi connectivity index (χ2v) is 6.18. The van der Waals surface area contributed by atoms with Gasteiger partial charge in [0.2, 0.25) is 0 Å². The lowest BCUT2D eigenvalue weighted by atomic mass is 10.1. The Hall–Kier alpha value is -0.740. The van der Waals surface area contributed by atoms with Gasteiger partial charge in [-0.15, -0.1) is 0 Å². The second kappa shape index (κ2) is 6.87. The molecule has 0 aliphatic carbocycles. The van der Waals surface area contributed by atoms with Gasteiger partial charge in [-0.1, -0.05) is 26.0 Å². The Balaban J connectivity index is 2.64. The van der Waals surface area contributed by atoms with Gasteiger partial charge < -0.3 is 5.73 Å². The summed E-state index contributed by atoms with van der Waals surface area (Å²) in [5, 5.41) is 0. The van der Waals surface area contributed by atoms with Gasteiger partial charge in [0.25, 0.3) is 0 Å². The highest BCUT2D eigenvalue weighted by molar-refractivity contribution is 7.84. The fourth-order valence-corrected chi connectivity index (χ4v) is 2.93. The summed E-state index contributed by atoms with van der Waals surface area (Å²) < 4.78 is 25.3. The van der Waals surface area contributed by atoms with E-state index in [1.807, 2.05) is 0 Å². The molecule has 17 heavy (non-hydrogen) atoms. The van der Waals surface area contributed by atoms with E-state index in [1.54, 1.807) is 12.1 Å². The maximum absolute atomic E-state index is 13.5. The molecule has 1 aromatic rings. The van der Waals surface area contributed by atoms with Gasteiger partial charge in [0, 0.05) is 28.7 Å². The zero-order valence-corrected chi connectivity index (χ0v) is 11.2. The maximum Gasteiger partial charge on any atom is 0.127 e. The molecule has 0 amide bonds. The number of nitrogens with two attached hydrogens (primary N) is 1. The Morgan fingerprint density at radius 2 is 2.12 bits per heavy atom. The monoisotopic (exact) mass is 257 g/mol. The molecule has 2 N–H and O–H groups in total. The molecule has 2 nitrogen and oxygen atoms in total. The van der Waals surface area contributed by atoms with Gasteiger partial charge >= 0.3 is 0 Å². The first-order valence-electron chi connectivity index (χ1n) is 5.85. The van der Waals surface area contributed by atoms with Crippen LogP contribution in [0.15, 0.2) is 18.2 Å². The average molecular weight is 257 g/mol. The van der Waals surface area contributed by atoms with Crippen molar-refractivity contribution in [3.63, 3.8) is 0 Å². The molecule has 0 bridgehead atoms. The number of benzene rings is 1. The van der Waals surface area contributed by atoms with Crippen molar-refractivity contribution < 1.29 is 8.60 Å². The molecule has 0 spiro atoms. The normalized spacial score (nSPS) is 13.0. The molecule has 1 aromatic carbocycles. The van der Waals surface area contributed by atoms with Gasteiger partial charge in [-0.2, -0.15) is 0 Å². The fraction of sp³-hybridized carbons (Fsp3) is 0.538. The van der Waals surface area contributed by atoms with Crippen LogP contribution in [0.2, 0.25) is 0 Å². The number of rotatable bonds is 6. The highest BCUT2D eigenvalue weighted by Crippen LogP contribution is 2.13. The molecule has 0 aromatic heterocycles. The lowest BCUT2D eigenvalue weighted by Gasteiger charge is -2.07. The van der Waals surface area contributed by atoms with Crippen molar-refractivity contribution in [2.24, 2.45) is 11.7 Å². The van der Waals surface area contributed by atoms with Crippen LogP contribution in [0, 0.1) is 11.7 Å². The highest BCUT2D eigenvalue weighted by Gasteiger charge is 2.08. The van der Waals surface area contributed by atoms with Crippen molar-refractivity contribution in [3.8, 4) is 0 Å². The van der Waals surface area contributed by atoms with E-state index in [-0.39, 0.29) is 11.6 Å². The van der Waals surface area contributed by atoms with Crippen LogP contribution in [-0.4, -0.2) is 9.96 Å². The van der Waals surface area contributed by atoms with Gasteiger partial charge in [-0.3, -0.25) is 4.21 Å². The Labute approximate surface area is 105 Å². The number of hydrogen-bond acceptors (Lipinski definition) is 2. The van der Waals surface area contributed by atoms with Crippen LogP contribution in [0.3, 0.4) is 0 Å². The van der Waals surface area contributed by atoms with Gasteiger partial charge in [0.15, 0.2) is 0 Å². The van der Waals surface area contributed by atoms with E-state index < -0.39 is 10.8 Å². The van der Waals surface area contributed by atoms with Crippen molar-refractivity contribution in [2.75, 3.05) is 5.75 Å². The smallest absolute Gasteiger partial charge is 0.127 e. The minimum absolute atomic E-state index is 0.284. The second-order valence-electron chi connectivity index (χ2n) is 4.60. The van der Waals surface area contributed by atoms with Crippen LogP contribution in [0.4, 0.5) is 4.39 Å². The van der Waals surface area contributed by atoms with Gasteiger partial charge in [-0.25, -0.2) is 4.39 Å². The molecule has 1 unspecified atom stereocenters. The Bertz CT molecular complexity index is 393. The van der Waals surface area contributed by atoms with Gasteiger partial charge in [0.05, 0.1) is 5.75 Å². The molecular weight excluding hydrogens is 237 g/mol. The molecule has 4 heteroatoms. The number of hydrogen-bond donors (Lipinski definition) is 1. The quantitative estimate of drug-likeness (QED) is 0.851. The minimum atomic E-state index is -0.993. The SMILES string of the molecule is CC(C)CCS(=O)Cc1cc(CN)ccc1F. The predicted octanol–water partition coefficient (Wildman–Crippen LogP) is 2.58. The molecule has 0 fully saturated rings. The topological polar surface area (TPSA) is 43.1 Å². The van der Waals surface area contributed by atoms with E-state index in [2.05, 4.69) is 13.8 Å². The summed E-state index contributed by atoms with van der Waals surface area (Å²) in [4.78, 5) is 0. The first kappa shape index (κ1) is 14.3.